The molecule has 2 heteroatoms. The van der Waals surface area contributed by atoms with Crippen molar-refractivity contribution >= 4 is 0 Å². The molecule has 0 saturated heterocycles. The molecule has 0 aliphatic rings. The van der Waals surface area contributed by atoms with Gasteiger partial charge in [-0.05, 0) is 20.8 Å². The molecule has 0 atom stereocenters. The Morgan fingerprint density at radius 2 is 1.50 bits per heavy atom. The van der Waals surface area contributed by atoms with Gasteiger partial charge in [0.2, 0.25) is 6.29 Å². The Balaban J connectivity index is 2.92. The maximum absolute atomic E-state index is 4.98. The largest absolute Gasteiger partial charge is 0.346 e. The van der Waals surface area contributed by atoms with E-state index in [2.05, 4.69) is 0 Å². The average molecular weight is 117 g/mol. The molecule has 0 fully saturated rings. The van der Waals surface area contributed by atoms with Crippen LogP contribution in [0.2, 0.25) is 0 Å². The molecule has 0 spiro atoms. The Labute approximate surface area is 50.8 Å². The second-order valence-electron chi connectivity index (χ2n) is 1.36. The van der Waals surface area contributed by atoms with Crippen molar-refractivity contribution in [3.8, 4) is 0 Å². The third kappa shape index (κ3) is 4.09. The van der Waals surface area contributed by atoms with Crippen LogP contribution in [-0.4, -0.2) is 13.2 Å². The van der Waals surface area contributed by atoms with E-state index in [0.717, 1.165) is 0 Å². The van der Waals surface area contributed by atoms with Gasteiger partial charge in [-0.2, -0.15) is 0 Å². The molecule has 0 heterocycles. The molecule has 0 aromatic heterocycles. The number of ether oxygens (including phenoxy) is 2. The van der Waals surface area contributed by atoms with Crippen LogP contribution in [0.5, 0.6) is 0 Å². The first-order valence-electron chi connectivity index (χ1n) is 2.90. The van der Waals surface area contributed by atoms with E-state index in [1.807, 2.05) is 20.8 Å². The van der Waals surface area contributed by atoms with Gasteiger partial charge in [-0.1, -0.05) is 0 Å². The third-order valence-electron chi connectivity index (χ3n) is 0.695. The van der Waals surface area contributed by atoms with Crippen molar-refractivity contribution < 1.29 is 9.47 Å². The second kappa shape index (κ2) is 5.06. The normalized spacial score (nSPS) is 10.5. The highest BCUT2D eigenvalue weighted by Crippen LogP contribution is 2.00. The lowest BCUT2D eigenvalue weighted by atomic mass is 10.7. The zero-order valence-corrected chi connectivity index (χ0v) is 5.73. The summed E-state index contributed by atoms with van der Waals surface area (Å²) in [6.07, 6.45) is 0.662. The quantitative estimate of drug-likeness (QED) is 0.556. The van der Waals surface area contributed by atoms with E-state index in [0.29, 0.717) is 19.5 Å². The summed E-state index contributed by atoms with van der Waals surface area (Å²) in [5, 5.41) is 0. The van der Waals surface area contributed by atoms with Gasteiger partial charge in [-0.25, -0.2) is 0 Å². The maximum atomic E-state index is 4.98. The van der Waals surface area contributed by atoms with Crippen LogP contribution in [0.1, 0.15) is 20.8 Å². The molecule has 0 aliphatic heterocycles. The van der Waals surface area contributed by atoms with E-state index >= 15 is 0 Å². The van der Waals surface area contributed by atoms with E-state index in [-0.39, 0.29) is 0 Å². The van der Waals surface area contributed by atoms with Crippen molar-refractivity contribution in [3.63, 3.8) is 0 Å². The summed E-state index contributed by atoms with van der Waals surface area (Å²) < 4.78 is 9.95. The zero-order chi connectivity index (χ0) is 6.41. The number of hydrogen-bond acceptors (Lipinski definition) is 2. The molecular weight excluding hydrogens is 104 g/mol. The van der Waals surface area contributed by atoms with Gasteiger partial charge in [-0.15, -0.1) is 0 Å². The van der Waals surface area contributed by atoms with Crippen LogP contribution in [0.4, 0.5) is 0 Å². The summed E-state index contributed by atoms with van der Waals surface area (Å²) in [7, 11) is 0. The second-order valence-corrected chi connectivity index (χ2v) is 1.36. The summed E-state index contributed by atoms with van der Waals surface area (Å²) in [4.78, 5) is 0. The lowest BCUT2D eigenvalue weighted by molar-refractivity contribution is -0.0279. The summed E-state index contributed by atoms with van der Waals surface area (Å²) >= 11 is 0. The van der Waals surface area contributed by atoms with Gasteiger partial charge in [-0.3, -0.25) is 0 Å². The lowest BCUT2D eigenvalue weighted by Gasteiger charge is -2.07. The van der Waals surface area contributed by atoms with Crippen LogP contribution in [-0.2, 0) is 9.47 Å². The van der Waals surface area contributed by atoms with E-state index < -0.39 is 0 Å². The summed E-state index contributed by atoms with van der Waals surface area (Å²) in [6.45, 7) is 7.05. The van der Waals surface area contributed by atoms with Gasteiger partial charge < -0.3 is 9.47 Å². The predicted molar refractivity (Wildman–Crippen MR) is 32.2 cm³/mol. The summed E-state index contributed by atoms with van der Waals surface area (Å²) in [6, 6.07) is 0. The van der Waals surface area contributed by atoms with Gasteiger partial charge in [0, 0.05) is 13.2 Å². The molecule has 0 bridgehead atoms. The molecule has 49 valence electrons. The molecule has 0 rings (SSSR count). The Morgan fingerprint density at radius 1 is 1.12 bits per heavy atom. The monoisotopic (exact) mass is 117 g/mol. The van der Waals surface area contributed by atoms with Crippen LogP contribution in [0.3, 0.4) is 0 Å². The molecule has 0 N–H and O–H groups in total. The first-order chi connectivity index (χ1) is 3.81. The van der Waals surface area contributed by atoms with Crippen molar-refractivity contribution in [2.75, 3.05) is 13.2 Å². The van der Waals surface area contributed by atoms with Crippen LogP contribution in [0.15, 0.2) is 0 Å². The smallest absolute Gasteiger partial charge is 0.220 e. The van der Waals surface area contributed by atoms with Crippen LogP contribution in [0.25, 0.3) is 0 Å². The molecule has 0 unspecified atom stereocenters. The van der Waals surface area contributed by atoms with E-state index in [1.54, 1.807) is 0 Å². The number of hydrogen-bond donors (Lipinski definition) is 0. The van der Waals surface area contributed by atoms with Crippen molar-refractivity contribution in [1.29, 1.82) is 0 Å². The number of rotatable bonds is 4. The average Bonchev–Trinajstić information content (AvgIpc) is 1.68. The van der Waals surface area contributed by atoms with E-state index in [9.17, 15) is 0 Å². The first-order valence-corrected chi connectivity index (χ1v) is 2.90. The highest BCUT2D eigenvalue weighted by atomic mass is 16.7. The Morgan fingerprint density at radius 3 is 1.75 bits per heavy atom. The molecule has 8 heavy (non-hydrogen) atoms. The SMILES string of the molecule is CCO[C](C)OCC. The van der Waals surface area contributed by atoms with Gasteiger partial charge in [0.25, 0.3) is 0 Å². The fourth-order valence-electron chi connectivity index (χ4n) is 0.448. The molecule has 0 aromatic carbocycles. The molecular formula is C6H13O2. The first kappa shape index (κ1) is 7.92. The minimum absolute atomic E-state index is 0.662. The highest BCUT2D eigenvalue weighted by molar-refractivity contribution is 4.51. The fraction of sp³-hybridized carbons (Fsp3) is 0.833. The standard InChI is InChI=1S/C6H13O2/c1-4-7-6(3)8-5-2/h4-5H2,1-3H3. The lowest BCUT2D eigenvalue weighted by Crippen LogP contribution is -2.02. The molecule has 0 aliphatic carbocycles. The Bertz CT molecular complexity index is 39.8. The zero-order valence-electron chi connectivity index (χ0n) is 5.73. The summed E-state index contributed by atoms with van der Waals surface area (Å²) in [5.41, 5.74) is 0. The van der Waals surface area contributed by atoms with Gasteiger partial charge >= 0.3 is 0 Å². The van der Waals surface area contributed by atoms with Crippen molar-refractivity contribution in [2.45, 2.75) is 20.8 Å². The van der Waals surface area contributed by atoms with Crippen LogP contribution in [0, 0.1) is 6.29 Å². The topological polar surface area (TPSA) is 18.5 Å². The van der Waals surface area contributed by atoms with Crippen LogP contribution >= 0.6 is 0 Å². The molecule has 2 nitrogen and oxygen atoms in total. The van der Waals surface area contributed by atoms with Gasteiger partial charge in [0.1, 0.15) is 0 Å². The molecule has 0 aromatic rings. The minimum atomic E-state index is 0.662. The third-order valence-corrected chi connectivity index (χ3v) is 0.695. The van der Waals surface area contributed by atoms with Crippen molar-refractivity contribution in [3.05, 3.63) is 6.29 Å². The maximum Gasteiger partial charge on any atom is 0.220 e. The summed E-state index contributed by atoms with van der Waals surface area (Å²) in [5.74, 6) is 0. The fourth-order valence-corrected chi connectivity index (χ4v) is 0.448. The van der Waals surface area contributed by atoms with Crippen LogP contribution < -0.4 is 0 Å². The highest BCUT2D eigenvalue weighted by Gasteiger charge is 1.97. The predicted octanol–water partition coefficient (Wildman–Crippen LogP) is 1.57. The molecule has 0 amide bonds. The van der Waals surface area contributed by atoms with Gasteiger partial charge in [0.05, 0.1) is 0 Å². The molecule has 1 radical (unpaired) electrons. The van der Waals surface area contributed by atoms with Gasteiger partial charge in [0.15, 0.2) is 0 Å². The Hall–Kier alpha value is -0.0800. The van der Waals surface area contributed by atoms with Crippen molar-refractivity contribution in [1.82, 2.24) is 0 Å². The molecule has 0 saturated carbocycles. The van der Waals surface area contributed by atoms with E-state index in [1.165, 1.54) is 0 Å². The van der Waals surface area contributed by atoms with E-state index in [4.69, 9.17) is 9.47 Å². The van der Waals surface area contributed by atoms with Crippen molar-refractivity contribution in [2.24, 2.45) is 0 Å². The minimum Gasteiger partial charge on any atom is -0.346 e. The Kier molecular flexibility index (Phi) is 5.01.